The van der Waals surface area contributed by atoms with Gasteiger partial charge in [0.05, 0.1) is 11.9 Å². The van der Waals surface area contributed by atoms with Crippen molar-refractivity contribution in [3.8, 4) is 0 Å². The Morgan fingerprint density at radius 2 is 2.15 bits per heavy atom. The molecule has 2 aromatic heterocycles. The molecule has 4 N–H and O–H groups in total. The molecule has 1 aliphatic carbocycles. The summed E-state index contributed by atoms with van der Waals surface area (Å²) in [4.78, 5) is 13.0. The number of halogens is 3. The quantitative estimate of drug-likeness (QED) is 0.515. The van der Waals surface area contributed by atoms with Crippen LogP contribution in [0.15, 0.2) is 17.5 Å². The highest BCUT2D eigenvalue weighted by Crippen LogP contribution is 2.35. The highest BCUT2D eigenvalue weighted by molar-refractivity contribution is 7.12. The fourth-order valence-corrected chi connectivity index (χ4v) is 3.93. The number of nitrogens with two attached hydrogens (primary N) is 1. The summed E-state index contributed by atoms with van der Waals surface area (Å²) in [5.41, 5.74) is 5.95. The van der Waals surface area contributed by atoms with Gasteiger partial charge in [0.1, 0.15) is 6.54 Å². The number of rotatable bonds is 6. The van der Waals surface area contributed by atoms with Gasteiger partial charge in [-0.25, -0.2) is 0 Å². The van der Waals surface area contributed by atoms with E-state index in [0.717, 1.165) is 16.0 Å². The van der Waals surface area contributed by atoms with Gasteiger partial charge in [0.2, 0.25) is 5.91 Å². The summed E-state index contributed by atoms with van der Waals surface area (Å²) < 4.78 is 40.7. The van der Waals surface area contributed by atoms with Gasteiger partial charge in [-0.15, -0.1) is 11.3 Å². The van der Waals surface area contributed by atoms with Crippen LogP contribution in [0.25, 0.3) is 0 Å². The Morgan fingerprint density at radius 3 is 2.81 bits per heavy atom. The lowest BCUT2D eigenvalue weighted by Gasteiger charge is -2.16. The molecule has 0 radical (unpaired) electrons. The lowest BCUT2D eigenvalue weighted by molar-refractivity contribution is -0.142. The summed E-state index contributed by atoms with van der Waals surface area (Å²) in [6.45, 7) is -0.321. The summed E-state index contributed by atoms with van der Waals surface area (Å²) in [6, 6.07) is 3.61. The van der Waals surface area contributed by atoms with Gasteiger partial charge in [0, 0.05) is 22.6 Å². The zero-order valence-corrected chi connectivity index (χ0v) is 15.3. The molecule has 0 fully saturated rings. The molecule has 2 aromatic rings. The minimum absolute atomic E-state index is 0.136. The van der Waals surface area contributed by atoms with Crippen molar-refractivity contribution in [3.05, 3.63) is 39.3 Å². The number of hydrogen-bond acceptors (Lipinski definition) is 5. The lowest BCUT2D eigenvalue weighted by atomic mass is 9.95. The molecule has 6 nitrogen and oxygen atoms in total. The van der Waals surface area contributed by atoms with E-state index in [9.17, 15) is 18.0 Å². The smallest absolute Gasteiger partial charge is 0.339 e. The topological polar surface area (TPSA) is 96.8 Å². The van der Waals surface area contributed by atoms with E-state index in [1.54, 1.807) is 6.07 Å². The number of thiophene rings is 1. The van der Waals surface area contributed by atoms with Gasteiger partial charge in [-0.05, 0) is 37.1 Å². The molecule has 1 unspecified atom stereocenters. The van der Waals surface area contributed by atoms with Crippen molar-refractivity contribution in [1.82, 2.24) is 15.1 Å². The third-order valence-electron chi connectivity index (χ3n) is 4.41. The molecule has 1 atom stereocenters. The zero-order chi connectivity index (χ0) is 19.6. The number of amides is 1. The number of hydrogen-bond donors (Lipinski definition) is 3. The molecule has 0 aromatic carbocycles. The number of aromatic nitrogens is 2. The van der Waals surface area contributed by atoms with E-state index < -0.39 is 23.9 Å². The predicted octanol–water partition coefficient (Wildman–Crippen LogP) is 2.70. The van der Waals surface area contributed by atoms with Crippen molar-refractivity contribution in [2.75, 3.05) is 0 Å². The fraction of sp³-hybridized carbons (Fsp3) is 0.471. The number of nitrogens with one attached hydrogen (secondary N) is 2. The van der Waals surface area contributed by atoms with Gasteiger partial charge >= 0.3 is 6.18 Å². The zero-order valence-electron chi connectivity index (χ0n) is 14.5. The van der Waals surface area contributed by atoms with Crippen LogP contribution in [0.1, 0.15) is 41.1 Å². The van der Waals surface area contributed by atoms with E-state index in [4.69, 9.17) is 11.1 Å². The molecule has 0 spiro atoms. The molecule has 0 aliphatic heterocycles. The second-order valence-electron chi connectivity index (χ2n) is 6.47. The first-order valence-corrected chi connectivity index (χ1v) is 9.45. The molecule has 146 valence electrons. The lowest BCUT2D eigenvalue weighted by Crippen LogP contribution is -2.44. The first-order valence-electron chi connectivity index (χ1n) is 8.57. The van der Waals surface area contributed by atoms with Crippen LogP contribution in [-0.4, -0.2) is 27.6 Å². The molecule has 27 heavy (non-hydrogen) atoms. The third-order valence-corrected chi connectivity index (χ3v) is 5.34. The Labute approximate surface area is 158 Å². The maximum atomic E-state index is 13.2. The Morgan fingerprint density at radius 1 is 1.41 bits per heavy atom. The molecule has 1 aliphatic rings. The maximum Gasteiger partial charge on any atom is 0.435 e. The van der Waals surface area contributed by atoms with Crippen LogP contribution in [0.4, 0.5) is 13.2 Å². The standard InChI is InChI=1S/C17H20F3N5OS/c18-17(19,20)16-10-4-1-2-5-12(10)25(24-16)9-15(26)23-14(22)8-11(21)13-6-3-7-27-13/h3,6-7,14,21H,1-2,4-5,8-9,22H2,(H,23,26). The van der Waals surface area contributed by atoms with Gasteiger partial charge in [-0.1, -0.05) is 6.07 Å². The summed E-state index contributed by atoms with van der Waals surface area (Å²) in [5.74, 6) is -0.522. The number of nitrogens with zero attached hydrogens (tertiary/aromatic N) is 2. The number of carbonyl (C=O) groups excluding carboxylic acids is 1. The second-order valence-corrected chi connectivity index (χ2v) is 7.42. The van der Waals surface area contributed by atoms with E-state index >= 15 is 0 Å². The number of fused-ring (bicyclic) bond motifs is 1. The third kappa shape index (κ3) is 4.56. The van der Waals surface area contributed by atoms with Crippen molar-refractivity contribution < 1.29 is 18.0 Å². The molecule has 2 heterocycles. The highest BCUT2D eigenvalue weighted by Gasteiger charge is 2.39. The second kappa shape index (κ2) is 7.81. The fourth-order valence-electron chi connectivity index (χ4n) is 3.24. The predicted molar refractivity (Wildman–Crippen MR) is 95.8 cm³/mol. The SMILES string of the molecule is N=C(CC(N)NC(=O)Cn1nc(C(F)(F)F)c2c1CCCC2)c1cccs1. The average Bonchev–Trinajstić information content (AvgIpc) is 3.22. The minimum atomic E-state index is -4.53. The van der Waals surface area contributed by atoms with Gasteiger partial charge < -0.3 is 16.5 Å². The normalized spacial score (nSPS) is 15.3. The van der Waals surface area contributed by atoms with Crippen LogP contribution >= 0.6 is 11.3 Å². The molecule has 0 saturated carbocycles. The molecular formula is C17H20F3N5OS. The van der Waals surface area contributed by atoms with Crippen LogP contribution in [0.3, 0.4) is 0 Å². The largest absolute Gasteiger partial charge is 0.435 e. The van der Waals surface area contributed by atoms with E-state index in [2.05, 4.69) is 10.4 Å². The van der Waals surface area contributed by atoms with E-state index in [1.807, 2.05) is 11.4 Å². The number of alkyl halides is 3. The Bertz CT molecular complexity index is 828. The highest BCUT2D eigenvalue weighted by atomic mass is 32.1. The van der Waals surface area contributed by atoms with Gasteiger partial charge in [0.25, 0.3) is 0 Å². The van der Waals surface area contributed by atoms with Crippen LogP contribution in [0.2, 0.25) is 0 Å². The Balaban J connectivity index is 1.65. The summed E-state index contributed by atoms with van der Waals surface area (Å²) in [5, 5.41) is 16.0. The van der Waals surface area contributed by atoms with E-state index in [1.165, 1.54) is 11.3 Å². The van der Waals surface area contributed by atoms with Crippen molar-refractivity contribution in [2.45, 2.75) is 51.0 Å². The van der Waals surface area contributed by atoms with E-state index in [-0.39, 0.29) is 18.5 Å². The van der Waals surface area contributed by atoms with Crippen LogP contribution in [0.5, 0.6) is 0 Å². The summed E-state index contributed by atoms with van der Waals surface area (Å²) in [6.07, 6.45) is -2.93. The van der Waals surface area contributed by atoms with E-state index in [0.29, 0.717) is 30.7 Å². The van der Waals surface area contributed by atoms with Crippen LogP contribution < -0.4 is 11.1 Å². The van der Waals surface area contributed by atoms with Crippen LogP contribution in [-0.2, 0) is 30.4 Å². The molecule has 1 amide bonds. The van der Waals surface area contributed by atoms with Gasteiger partial charge in [-0.2, -0.15) is 18.3 Å². The number of carbonyl (C=O) groups is 1. The van der Waals surface area contributed by atoms with Crippen molar-refractivity contribution in [3.63, 3.8) is 0 Å². The molecular weight excluding hydrogens is 379 g/mol. The molecule has 3 rings (SSSR count). The van der Waals surface area contributed by atoms with Gasteiger partial charge in [0.15, 0.2) is 5.69 Å². The molecule has 10 heteroatoms. The average molecular weight is 399 g/mol. The molecule has 0 saturated heterocycles. The monoisotopic (exact) mass is 399 g/mol. The van der Waals surface area contributed by atoms with Crippen molar-refractivity contribution in [1.29, 1.82) is 5.41 Å². The first-order chi connectivity index (χ1) is 12.8. The van der Waals surface area contributed by atoms with Crippen LogP contribution in [0, 0.1) is 5.41 Å². The first kappa shape index (κ1) is 19.6. The molecule has 0 bridgehead atoms. The maximum absolute atomic E-state index is 13.2. The van der Waals surface area contributed by atoms with Crippen molar-refractivity contribution in [2.24, 2.45) is 5.73 Å². The summed E-state index contributed by atoms with van der Waals surface area (Å²) >= 11 is 1.40. The minimum Gasteiger partial charge on any atom is -0.339 e. The summed E-state index contributed by atoms with van der Waals surface area (Å²) in [7, 11) is 0. The Kier molecular flexibility index (Phi) is 5.66. The van der Waals surface area contributed by atoms with Crippen molar-refractivity contribution >= 4 is 23.0 Å². The Hall–Kier alpha value is -2.20. The van der Waals surface area contributed by atoms with Gasteiger partial charge in [-0.3, -0.25) is 9.48 Å².